The first-order valence-electron chi connectivity index (χ1n) is 9.94. The van der Waals surface area contributed by atoms with Crippen molar-refractivity contribution in [3.05, 3.63) is 24.3 Å². The number of benzene rings is 1. The minimum absolute atomic E-state index is 0.365. The third kappa shape index (κ3) is 4.78. The van der Waals surface area contributed by atoms with Crippen molar-refractivity contribution < 1.29 is 13.2 Å². The van der Waals surface area contributed by atoms with E-state index in [4.69, 9.17) is 4.74 Å². The van der Waals surface area contributed by atoms with Crippen molar-refractivity contribution in [1.29, 1.82) is 0 Å². The van der Waals surface area contributed by atoms with Gasteiger partial charge in [-0.05, 0) is 81.8 Å². The molecule has 1 aromatic carbocycles. The van der Waals surface area contributed by atoms with Crippen LogP contribution in [0.15, 0.2) is 29.2 Å². The Morgan fingerprint density at radius 1 is 1.00 bits per heavy atom. The topological polar surface area (TPSA) is 49.9 Å². The maximum absolute atomic E-state index is 12.9. The molecule has 146 valence electrons. The molecule has 0 radical (unpaired) electrons. The number of hydrogen-bond donors (Lipinski definition) is 0. The van der Waals surface area contributed by atoms with E-state index in [0.717, 1.165) is 25.3 Å². The number of ether oxygens (including phenoxy) is 1. The van der Waals surface area contributed by atoms with Crippen LogP contribution in [0.5, 0.6) is 5.75 Å². The highest BCUT2D eigenvalue weighted by atomic mass is 32.2. The Kier molecular flexibility index (Phi) is 6.59. The van der Waals surface area contributed by atoms with E-state index < -0.39 is 10.0 Å². The summed E-state index contributed by atoms with van der Waals surface area (Å²) in [4.78, 5) is 2.94. The molecule has 3 rings (SSSR count). The molecular formula is C20H32N2O3S. The predicted molar refractivity (Wildman–Crippen MR) is 104 cm³/mol. The van der Waals surface area contributed by atoms with Gasteiger partial charge in [0.2, 0.25) is 10.0 Å². The van der Waals surface area contributed by atoms with Gasteiger partial charge in [-0.2, -0.15) is 4.31 Å². The molecule has 0 amide bonds. The van der Waals surface area contributed by atoms with Crippen LogP contribution in [0.2, 0.25) is 0 Å². The molecule has 0 unspecified atom stereocenters. The lowest BCUT2D eigenvalue weighted by atomic mass is 9.94. The smallest absolute Gasteiger partial charge is 0.243 e. The van der Waals surface area contributed by atoms with Crippen LogP contribution in [0.4, 0.5) is 0 Å². The fourth-order valence-corrected chi connectivity index (χ4v) is 5.44. The van der Waals surface area contributed by atoms with E-state index in [2.05, 4.69) is 11.8 Å². The Hall–Kier alpha value is -1.11. The van der Waals surface area contributed by atoms with E-state index in [0.29, 0.717) is 36.3 Å². The minimum atomic E-state index is -3.39. The number of sulfonamides is 1. The molecule has 2 aliphatic rings. The van der Waals surface area contributed by atoms with Crippen LogP contribution >= 0.6 is 0 Å². The summed E-state index contributed by atoms with van der Waals surface area (Å²) < 4.78 is 32.8. The minimum Gasteiger partial charge on any atom is -0.494 e. The molecule has 5 nitrogen and oxygen atoms in total. The molecule has 0 saturated carbocycles. The zero-order valence-corrected chi connectivity index (χ0v) is 16.9. The van der Waals surface area contributed by atoms with Gasteiger partial charge in [0.25, 0.3) is 0 Å². The monoisotopic (exact) mass is 380 g/mol. The lowest BCUT2D eigenvalue weighted by molar-refractivity contribution is 0.142. The second-order valence-corrected chi connectivity index (χ2v) is 9.67. The van der Waals surface area contributed by atoms with Crippen LogP contribution in [0, 0.1) is 11.8 Å². The standard InChI is InChI=1S/C20H32N2O3S/c1-3-25-19-4-6-20(7-5-19)26(23,24)22-14-10-18(11-15-22)16-21-12-8-17(2)9-13-21/h4-7,17-18H,3,8-16H2,1-2H3. The Morgan fingerprint density at radius 3 is 2.19 bits per heavy atom. The summed E-state index contributed by atoms with van der Waals surface area (Å²) >= 11 is 0. The summed E-state index contributed by atoms with van der Waals surface area (Å²) in [5.74, 6) is 2.18. The van der Waals surface area contributed by atoms with Gasteiger partial charge in [-0.25, -0.2) is 8.42 Å². The van der Waals surface area contributed by atoms with E-state index in [1.54, 1.807) is 28.6 Å². The maximum atomic E-state index is 12.9. The molecule has 26 heavy (non-hydrogen) atoms. The second kappa shape index (κ2) is 8.72. The number of hydrogen-bond acceptors (Lipinski definition) is 4. The van der Waals surface area contributed by atoms with Gasteiger partial charge in [0.1, 0.15) is 5.75 Å². The van der Waals surface area contributed by atoms with Gasteiger partial charge < -0.3 is 9.64 Å². The van der Waals surface area contributed by atoms with Crippen molar-refractivity contribution >= 4 is 10.0 Å². The highest BCUT2D eigenvalue weighted by Gasteiger charge is 2.30. The molecule has 0 spiro atoms. The van der Waals surface area contributed by atoms with Gasteiger partial charge in [-0.1, -0.05) is 6.92 Å². The van der Waals surface area contributed by atoms with Crippen molar-refractivity contribution in [3.8, 4) is 5.75 Å². The summed E-state index contributed by atoms with van der Waals surface area (Å²) in [6, 6.07) is 6.78. The third-order valence-electron chi connectivity index (χ3n) is 5.74. The predicted octanol–water partition coefficient (Wildman–Crippen LogP) is 3.22. The number of nitrogens with zero attached hydrogens (tertiary/aromatic N) is 2. The molecule has 0 bridgehead atoms. The van der Waals surface area contributed by atoms with E-state index in [1.165, 1.54) is 25.9 Å². The summed E-state index contributed by atoms with van der Waals surface area (Å²) in [5, 5.41) is 0. The molecule has 6 heteroatoms. The van der Waals surface area contributed by atoms with Crippen LogP contribution < -0.4 is 4.74 Å². The van der Waals surface area contributed by atoms with Gasteiger partial charge in [-0.15, -0.1) is 0 Å². The average Bonchev–Trinajstić information content (AvgIpc) is 2.65. The Balaban J connectivity index is 1.53. The number of likely N-dealkylation sites (tertiary alicyclic amines) is 1. The SMILES string of the molecule is CCOc1ccc(S(=O)(=O)N2CCC(CN3CCC(C)CC3)CC2)cc1. The summed E-state index contributed by atoms with van der Waals surface area (Å²) in [5.41, 5.74) is 0. The normalized spacial score (nSPS) is 21.8. The van der Waals surface area contributed by atoms with Crippen molar-refractivity contribution in [3.63, 3.8) is 0 Å². The largest absolute Gasteiger partial charge is 0.494 e. The summed E-state index contributed by atoms with van der Waals surface area (Å²) in [6.45, 7) is 9.62. The molecular weight excluding hydrogens is 348 g/mol. The molecule has 1 aromatic rings. The molecule has 0 N–H and O–H groups in total. The maximum Gasteiger partial charge on any atom is 0.243 e. The third-order valence-corrected chi connectivity index (χ3v) is 7.65. The average molecular weight is 381 g/mol. The highest BCUT2D eigenvalue weighted by Crippen LogP contribution is 2.26. The van der Waals surface area contributed by atoms with E-state index in [-0.39, 0.29) is 0 Å². The van der Waals surface area contributed by atoms with Crippen LogP contribution in [-0.2, 0) is 10.0 Å². The van der Waals surface area contributed by atoms with Gasteiger partial charge in [0, 0.05) is 19.6 Å². The van der Waals surface area contributed by atoms with Crippen LogP contribution in [0.25, 0.3) is 0 Å². The Morgan fingerprint density at radius 2 is 1.62 bits per heavy atom. The second-order valence-electron chi connectivity index (χ2n) is 7.74. The van der Waals surface area contributed by atoms with Crippen molar-refractivity contribution in [2.24, 2.45) is 11.8 Å². The van der Waals surface area contributed by atoms with E-state index in [1.807, 2.05) is 6.92 Å². The fraction of sp³-hybridized carbons (Fsp3) is 0.700. The van der Waals surface area contributed by atoms with Gasteiger partial charge in [0.15, 0.2) is 0 Å². The van der Waals surface area contributed by atoms with Crippen LogP contribution in [0.1, 0.15) is 39.5 Å². The first-order valence-corrected chi connectivity index (χ1v) is 11.4. The molecule has 2 heterocycles. The summed E-state index contributed by atoms with van der Waals surface area (Å²) in [7, 11) is -3.39. The quantitative estimate of drug-likeness (QED) is 0.760. The first kappa shape index (κ1) is 19.6. The molecule has 0 aromatic heterocycles. The van der Waals surface area contributed by atoms with E-state index in [9.17, 15) is 8.42 Å². The highest BCUT2D eigenvalue weighted by molar-refractivity contribution is 7.89. The molecule has 0 aliphatic carbocycles. The molecule has 2 fully saturated rings. The lowest BCUT2D eigenvalue weighted by Crippen LogP contribution is -2.43. The van der Waals surface area contributed by atoms with Gasteiger partial charge >= 0.3 is 0 Å². The van der Waals surface area contributed by atoms with E-state index >= 15 is 0 Å². The zero-order valence-electron chi connectivity index (χ0n) is 16.1. The number of rotatable bonds is 6. The number of piperidine rings is 2. The summed E-state index contributed by atoms with van der Waals surface area (Å²) in [6.07, 6.45) is 4.51. The molecule has 2 aliphatic heterocycles. The van der Waals surface area contributed by atoms with Crippen molar-refractivity contribution in [2.45, 2.75) is 44.4 Å². The van der Waals surface area contributed by atoms with Crippen LogP contribution in [0.3, 0.4) is 0 Å². The lowest BCUT2D eigenvalue weighted by Gasteiger charge is -2.36. The van der Waals surface area contributed by atoms with Crippen molar-refractivity contribution in [2.75, 3.05) is 39.3 Å². The van der Waals surface area contributed by atoms with Crippen molar-refractivity contribution in [1.82, 2.24) is 9.21 Å². The molecule has 2 saturated heterocycles. The van der Waals surface area contributed by atoms with Crippen LogP contribution in [-0.4, -0.2) is 57.0 Å². The molecule has 0 atom stereocenters. The zero-order chi connectivity index (χ0) is 18.6. The van der Waals surface area contributed by atoms with Gasteiger partial charge in [-0.3, -0.25) is 0 Å². The van der Waals surface area contributed by atoms with Gasteiger partial charge in [0.05, 0.1) is 11.5 Å². The fourth-order valence-electron chi connectivity index (χ4n) is 3.97. The Bertz CT molecular complexity index is 659. The first-order chi connectivity index (χ1) is 12.5. The Labute approximate surface area is 158 Å².